The van der Waals surface area contributed by atoms with Crippen molar-refractivity contribution in [1.82, 2.24) is 4.98 Å². The number of fused-ring (bicyclic) bond motifs is 1. The fourth-order valence-corrected chi connectivity index (χ4v) is 2.94. The Morgan fingerprint density at radius 3 is 2.67 bits per heavy atom. The third kappa shape index (κ3) is 2.72. The number of nitrogen functional groups attached to an aromatic ring is 1. The van der Waals surface area contributed by atoms with Gasteiger partial charge >= 0.3 is 0 Å². The number of ether oxygens (including phenoxy) is 1. The molecule has 0 saturated heterocycles. The van der Waals surface area contributed by atoms with Gasteiger partial charge in [-0.15, -0.1) is 11.3 Å². The van der Waals surface area contributed by atoms with Gasteiger partial charge in [-0.1, -0.05) is 26.0 Å². The van der Waals surface area contributed by atoms with Crippen molar-refractivity contribution in [2.45, 2.75) is 26.2 Å². The SMILES string of the molecule is CCC(C)c1ccc(Oc2ccc3scnc3c2N)cc1. The van der Waals surface area contributed by atoms with Crippen molar-refractivity contribution >= 4 is 27.2 Å². The maximum atomic E-state index is 6.13. The molecule has 3 aromatic rings. The molecule has 1 heterocycles. The molecule has 0 aliphatic rings. The van der Waals surface area contributed by atoms with Crippen LogP contribution in [0.3, 0.4) is 0 Å². The van der Waals surface area contributed by atoms with Gasteiger partial charge in [0.05, 0.1) is 10.2 Å². The van der Waals surface area contributed by atoms with Gasteiger partial charge in [-0.3, -0.25) is 0 Å². The van der Waals surface area contributed by atoms with E-state index in [0.717, 1.165) is 22.4 Å². The van der Waals surface area contributed by atoms with Gasteiger partial charge in [0.2, 0.25) is 0 Å². The number of nitrogens with zero attached hydrogens (tertiary/aromatic N) is 1. The van der Waals surface area contributed by atoms with Gasteiger partial charge in [-0.05, 0) is 42.2 Å². The lowest BCUT2D eigenvalue weighted by Crippen LogP contribution is -1.94. The molecule has 0 spiro atoms. The van der Waals surface area contributed by atoms with Crippen LogP contribution in [0.2, 0.25) is 0 Å². The third-order valence-electron chi connectivity index (χ3n) is 3.79. The van der Waals surface area contributed by atoms with E-state index in [0.29, 0.717) is 17.4 Å². The van der Waals surface area contributed by atoms with E-state index in [4.69, 9.17) is 10.5 Å². The van der Waals surface area contributed by atoms with Gasteiger partial charge in [-0.2, -0.15) is 0 Å². The monoisotopic (exact) mass is 298 g/mol. The zero-order valence-corrected chi connectivity index (χ0v) is 13.0. The zero-order chi connectivity index (χ0) is 14.8. The molecule has 1 aromatic heterocycles. The Morgan fingerprint density at radius 2 is 1.95 bits per heavy atom. The van der Waals surface area contributed by atoms with Crippen LogP contribution in [-0.2, 0) is 0 Å². The van der Waals surface area contributed by atoms with E-state index < -0.39 is 0 Å². The summed E-state index contributed by atoms with van der Waals surface area (Å²) in [5.74, 6) is 2.02. The van der Waals surface area contributed by atoms with Crippen molar-refractivity contribution < 1.29 is 4.74 Å². The van der Waals surface area contributed by atoms with E-state index in [2.05, 4.69) is 31.0 Å². The maximum Gasteiger partial charge on any atom is 0.152 e. The normalized spacial score (nSPS) is 12.5. The summed E-state index contributed by atoms with van der Waals surface area (Å²) in [6.45, 7) is 4.42. The van der Waals surface area contributed by atoms with Crippen LogP contribution in [0.25, 0.3) is 10.2 Å². The molecule has 2 N–H and O–H groups in total. The maximum absolute atomic E-state index is 6.13. The average molecular weight is 298 g/mol. The Labute approximate surface area is 128 Å². The Hall–Kier alpha value is -2.07. The van der Waals surface area contributed by atoms with E-state index >= 15 is 0 Å². The first-order chi connectivity index (χ1) is 10.2. The Morgan fingerprint density at radius 1 is 1.19 bits per heavy atom. The second kappa shape index (κ2) is 5.74. The lowest BCUT2D eigenvalue weighted by atomic mass is 9.99. The van der Waals surface area contributed by atoms with Crippen LogP contribution in [0.5, 0.6) is 11.5 Å². The minimum atomic E-state index is 0.565. The van der Waals surface area contributed by atoms with Gasteiger partial charge in [-0.25, -0.2) is 4.98 Å². The van der Waals surface area contributed by atoms with Crippen LogP contribution >= 0.6 is 11.3 Å². The van der Waals surface area contributed by atoms with E-state index in [9.17, 15) is 0 Å². The highest BCUT2D eigenvalue weighted by Crippen LogP contribution is 2.34. The van der Waals surface area contributed by atoms with Crippen molar-refractivity contribution in [3.8, 4) is 11.5 Å². The van der Waals surface area contributed by atoms with E-state index in [-0.39, 0.29) is 0 Å². The molecule has 4 heteroatoms. The number of thiazole rings is 1. The molecule has 21 heavy (non-hydrogen) atoms. The van der Waals surface area contributed by atoms with E-state index in [1.54, 1.807) is 16.8 Å². The number of aromatic nitrogens is 1. The van der Waals surface area contributed by atoms with Crippen molar-refractivity contribution in [3.63, 3.8) is 0 Å². The van der Waals surface area contributed by atoms with E-state index in [1.807, 2.05) is 24.3 Å². The summed E-state index contributed by atoms with van der Waals surface area (Å²) in [4.78, 5) is 4.28. The molecule has 0 saturated carbocycles. The summed E-state index contributed by atoms with van der Waals surface area (Å²) in [5, 5.41) is 0. The van der Waals surface area contributed by atoms with Gasteiger partial charge < -0.3 is 10.5 Å². The highest BCUT2D eigenvalue weighted by Gasteiger charge is 2.09. The fraction of sp³-hybridized carbons (Fsp3) is 0.235. The molecule has 3 rings (SSSR count). The molecular formula is C17H18N2OS. The smallest absolute Gasteiger partial charge is 0.152 e. The van der Waals surface area contributed by atoms with Crippen molar-refractivity contribution in [2.75, 3.05) is 5.73 Å². The Balaban J connectivity index is 1.86. The van der Waals surface area contributed by atoms with Gasteiger partial charge in [0.1, 0.15) is 17.0 Å². The van der Waals surface area contributed by atoms with Crippen LogP contribution in [0.1, 0.15) is 31.7 Å². The van der Waals surface area contributed by atoms with Crippen molar-refractivity contribution in [2.24, 2.45) is 0 Å². The van der Waals surface area contributed by atoms with E-state index in [1.165, 1.54) is 5.56 Å². The first-order valence-corrected chi connectivity index (χ1v) is 7.96. The van der Waals surface area contributed by atoms with Crippen LogP contribution in [0, 0.1) is 0 Å². The molecule has 0 fully saturated rings. The fourth-order valence-electron chi connectivity index (χ4n) is 2.25. The molecule has 1 unspecified atom stereocenters. The molecule has 2 aromatic carbocycles. The van der Waals surface area contributed by atoms with Crippen LogP contribution < -0.4 is 10.5 Å². The lowest BCUT2D eigenvalue weighted by Gasteiger charge is -2.11. The molecule has 3 nitrogen and oxygen atoms in total. The summed E-state index contributed by atoms with van der Waals surface area (Å²) in [5.41, 5.74) is 10.7. The molecule has 0 aliphatic heterocycles. The zero-order valence-electron chi connectivity index (χ0n) is 12.2. The Kier molecular flexibility index (Phi) is 3.80. The first kappa shape index (κ1) is 13.9. The molecule has 1 atom stereocenters. The summed E-state index contributed by atoms with van der Waals surface area (Å²) < 4.78 is 6.97. The number of nitrogens with two attached hydrogens (primary N) is 1. The number of benzene rings is 2. The average Bonchev–Trinajstić information content (AvgIpc) is 2.99. The van der Waals surface area contributed by atoms with Crippen LogP contribution in [0.15, 0.2) is 41.9 Å². The van der Waals surface area contributed by atoms with Crippen molar-refractivity contribution in [1.29, 1.82) is 0 Å². The first-order valence-electron chi connectivity index (χ1n) is 7.08. The second-order valence-corrected chi connectivity index (χ2v) is 6.04. The summed E-state index contributed by atoms with van der Waals surface area (Å²) in [7, 11) is 0. The topological polar surface area (TPSA) is 48.1 Å². The number of hydrogen-bond acceptors (Lipinski definition) is 4. The number of rotatable bonds is 4. The minimum Gasteiger partial charge on any atom is -0.455 e. The molecule has 0 amide bonds. The predicted octanol–water partition coefficient (Wildman–Crippen LogP) is 5.18. The van der Waals surface area contributed by atoms with Gasteiger partial charge in [0.15, 0.2) is 5.75 Å². The van der Waals surface area contributed by atoms with Crippen LogP contribution in [-0.4, -0.2) is 4.98 Å². The molecular weight excluding hydrogens is 280 g/mol. The molecule has 0 radical (unpaired) electrons. The highest BCUT2D eigenvalue weighted by atomic mass is 32.1. The highest BCUT2D eigenvalue weighted by molar-refractivity contribution is 7.16. The standard InChI is InChI=1S/C17H18N2OS/c1-3-11(2)12-4-6-13(7-5-12)20-14-8-9-15-17(16(14)18)19-10-21-15/h4-11H,3,18H2,1-2H3. The summed E-state index contributed by atoms with van der Waals surface area (Å²) in [6.07, 6.45) is 1.13. The van der Waals surface area contributed by atoms with Crippen LogP contribution in [0.4, 0.5) is 5.69 Å². The molecule has 0 aliphatic carbocycles. The largest absolute Gasteiger partial charge is 0.455 e. The number of hydrogen-bond donors (Lipinski definition) is 1. The molecule has 0 bridgehead atoms. The third-order valence-corrected chi connectivity index (χ3v) is 4.59. The van der Waals surface area contributed by atoms with Crippen molar-refractivity contribution in [3.05, 3.63) is 47.5 Å². The second-order valence-electron chi connectivity index (χ2n) is 5.16. The lowest BCUT2D eigenvalue weighted by molar-refractivity contribution is 0.485. The minimum absolute atomic E-state index is 0.565. The van der Waals surface area contributed by atoms with Gasteiger partial charge in [0.25, 0.3) is 0 Å². The van der Waals surface area contributed by atoms with Gasteiger partial charge in [0, 0.05) is 0 Å². The summed E-state index contributed by atoms with van der Waals surface area (Å²) >= 11 is 1.58. The Bertz CT molecular complexity index is 749. The molecule has 108 valence electrons. The number of anilines is 1. The predicted molar refractivity (Wildman–Crippen MR) is 89.3 cm³/mol. The quantitative estimate of drug-likeness (QED) is 0.675. The summed E-state index contributed by atoms with van der Waals surface area (Å²) in [6, 6.07) is 12.1.